The van der Waals surface area contributed by atoms with Crippen molar-refractivity contribution in [3.63, 3.8) is 0 Å². The Morgan fingerprint density at radius 2 is 1.78 bits per heavy atom. The van der Waals surface area contributed by atoms with Crippen LogP contribution in [0.4, 0.5) is 5.69 Å². The highest BCUT2D eigenvalue weighted by Gasteiger charge is 2.47. The van der Waals surface area contributed by atoms with Crippen LogP contribution in [-0.4, -0.2) is 29.0 Å². The van der Waals surface area contributed by atoms with Gasteiger partial charge in [-0.05, 0) is 60.5 Å². The maximum Gasteiger partial charge on any atom is 0.300 e. The smallest absolute Gasteiger partial charge is 0.300 e. The van der Waals surface area contributed by atoms with E-state index in [1.54, 1.807) is 42.5 Å². The van der Waals surface area contributed by atoms with Crippen molar-refractivity contribution in [1.29, 1.82) is 0 Å². The van der Waals surface area contributed by atoms with Crippen molar-refractivity contribution in [2.75, 3.05) is 12.0 Å². The van der Waals surface area contributed by atoms with Crippen molar-refractivity contribution in [2.24, 2.45) is 0 Å². The van der Waals surface area contributed by atoms with E-state index < -0.39 is 17.7 Å². The Morgan fingerprint density at radius 3 is 2.44 bits per heavy atom. The third kappa shape index (κ3) is 3.69. The van der Waals surface area contributed by atoms with Gasteiger partial charge in [-0.1, -0.05) is 35.9 Å². The molecule has 2 N–H and O–H groups in total. The molecule has 4 rings (SSSR count). The highest BCUT2D eigenvalue weighted by molar-refractivity contribution is 6.51. The molecule has 162 valence electrons. The van der Waals surface area contributed by atoms with Crippen LogP contribution >= 0.6 is 11.6 Å². The van der Waals surface area contributed by atoms with Gasteiger partial charge in [0.2, 0.25) is 0 Å². The molecule has 1 fully saturated rings. The van der Waals surface area contributed by atoms with Gasteiger partial charge >= 0.3 is 0 Å². The van der Waals surface area contributed by atoms with E-state index in [1.807, 2.05) is 13.0 Å². The van der Waals surface area contributed by atoms with Crippen LogP contribution < -0.4 is 9.64 Å². The number of ether oxygens (including phenoxy) is 1. The summed E-state index contributed by atoms with van der Waals surface area (Å²) in [6.07, 6.45) is 0. The molecule has 0 radical (unpaired) electrons. The summed E-state index contributed by atoms with van der Waals surface area (Å²) < 4.78 is 5.15. The number of phenols is 1. The fourth-order valence-corrected chi connectivity index (χ4v) is 4.11. The minimum Gasteiger partial charge on any atom is -0.508 e. The lowest BCUT2D eigenvalue weighted by molar-refractivity contribution is -0.132. The van der Waals surface area contributed by atoms with E-state index in [9.17, 15) is 19.8 Å². The summed E-state index contributed by atoms with van der Waals surface area (Å²) in [5, 5.41) is 21.4. The molecule has 1 unspecified atom stereocenters. The monoisotopic (exact) mass is 449 g/mol. The number of benzene rings is 3. The van der Waals surface area contributed by atoms with Crippen LogP contribution in [0.15, 0.2) is 72.3 Å². The molecule has 0 spiro atoms. The number of hydrogen-bond acceptors (Lipinski definition) is 5. The summed E-state index contributed by atoms with van der Waals surface area (Å²) in [4.78, 5) is 27.6. The molecule has 3 aromatic rings. The largest absolute Gasteiger partial charge is 0.508 e. The van der Waals surface area contributed by atoms with Crippen molar-refractivity contribution in [3.05, 3.63) is 94.0 Å². The first kappa shape index (κ1) is 21.5. The minimum absolute atomic E-state index is 0.0233. The third-order valence-electron chi connectivity index (χ3n) is 5.34. The van der Waals surface area contributed by atoms with E-state index in [2.05, 4.69) is 0 Å². The van der Waals surface area contributed by atoms with Crippen LogP contribution in [0.3, 0.4) is 0 Å². The molecule has 1 amide bonds. The number of phenolic OH excluding ortho intramolecular Hbond substituents is 1. The number of rotatable bonds is 4. The van der Waals surface area contributed by atoms with Crippen molar-refractivity contribution in [1.82, 2.24) is 0 Å². The fraction of sp³-hybridized carbons (Fsp3) is 0.120. The summed E-state index contributed by atoms with van der Waals surface area (Å²) in [5.41, 5.74) is 2.06. The average molecular weight is 450 g/mol. The molecule has 0 aliphatic carbocycles. The summed E-state index contributed by atoms with van der Waals surface area (Å²) in [5.74, 6) is -1.58. The average Bonchev–Trinajstić information content (AvgIpc) is 3.04. The van der Waals surface area contributed by atoms with Gasteiger partial charge in [-0.3, -0.25) is 14.5 Å². The van der Waals surface area contributed by atoms with Crippen molar-refractivity contribution >= 4 is 34.7 Å². The van der Waals surface area contributed by atoms with Gasteiger partial charge < -0.3 is 14.9 Å². The van der Waals surface area contributed by atoms with Crippen LogP contribution in [0.1, 0.15) is 22.7 Å². The highest BCUT2D eigenvalue weighted by Crippen LogP contribution is 2.43. The third-order valence-corrected chi connectivity index (χ3v) is 5.63. The van der Waals surface area contributed by atoms with Crippen LogP contribution in [-0.2, 0) is 9.59 Å². The Balaban J connectivity index is 1.95. The number of aryl methyl sites for hydroxylation is 1. The summed E-state index contributed by atoms with van der Waals surface area (Å²) >= 11 is 6.21. The number of nitrogens with zero attached hydrogens (tertiary/aromatic N) is 1. The number of amides is 1. The predicted molar refractivity (Wildman–Crippen MR) is 122 cm³/mol. The van der Waals surface area contributed by atoms with Crippen molar-refractivity contribution in [3.8, 4) is 11.5 Å². The van der Waals surface area contributed by atoms with E-state index in [0.717, 1.165) is 5.56 Å². The number of aliphatic hydroxyl groups excluding tert-OH is 1. The van der Waals surface area contributed by atoms with Gasteiger partial charge in [0, 0.05) is 11.3 Å². The number of carbonyl (C=O) groups excluding carboxylic acids is 2. The molecule has 1 saturated heterocycles. The number of carbonyl (C=O) groups is 2. The zero-order chi connectivity index (χ0) is 23.0. The molecule has 7 heteroatoms. The first-order valence-corrected chi connectivity index (χ1v) is 10.2. The molecule has 0 bridgehead atoms. The Kier molecular flexibility index (Phi) is 5.63. The van der Waals surface area contributed by atoms with Crippen LogP contribution in [0.2, 0.25) is 5.02 Å². The molecule has 6 nitrogen and oxygen atoms in total. The molecule has 1 heterocycles. The standard InChI is InChI=1S/C25H20ClNO5/c1-14-5-3-7-17(11-14)27-22(15-6-4-8-18(28)12-15)21(24(30)25(27)31)23(29)16-9-10-20(32-2)19(26)13-16/h3-13,22,28-29H,1-2H3/b23-21-. The van der Waals surface area contributed by atoms with Gasteiger partial charge in [-0.25, -0.2) is 0 Å². The Bertz CT molecular complexity index is 1270. The normalized spacial score (nSPS) is 17.6. The molecule has 0 saturated carbocycles. The molecular weight excluding hydrogens is 430 g/mol. The number of Topliss-reactive ketones (excluding diaryl/α,β-unsaturated/α-hetero) is 1. The van der Waals surface area contributed by atoms with Gasteiger partial charge in [-0.2, -0.15) is 0 Å². The number of hydrogen-bond donors (Lipinski definition) is 2. The lowest BCUT2D eigenvalue weighted by Crippen LogP contribution is -2.29. The van der Waals surface area contributed by atoms with E-state index >= 15 is 0 Å². The second-order valence-electron chi connectivity index (χ2n) is 7.45. The molecule has 3 aromatic carbocycles. The Hall–Kier alpha value is -3.77. The van der Waals surface area contributed by atoms with Crippen molar-refractivity contribution < 1.29 is 24.5 Å². The minimum atomic E-state index is -0.940. The summed E-state index contributed by atoms with van der Waals surface area (Å²) in [6, 6.07) is 17.1. The zero-order valence-electron chi connectivity index (χ0n) is 17.4. The zero-order valence-corrected chi connectivity index (χ0v) is 18.1. The lowest BCUT2D eigenvalue weighted by Gasteiger charge is -2.26. The molecule has 1 aliphatic rings. The van der Waals surface area contributed by atoms with Crippen LogP contribution in [0.5, 0.6) is 11.5 Å². The maximum atomic E-state index is 13.1. The Labute approximate surface area is 189 Å². The first-order chi connectivity index (χ1) is 15.3. The van der Waals surface area contributed by atoms with E-state index in [-0.39, 0.29) is 27.7 Å². The molecule has 1 aliphatic heterocycles. The van der Waals surface area contributed by atoms with E-state index in [1.165, 1.54) is 30.2 Å². The molecule has 1 atom stereocenters. The fourth-order valence-electron chi connectivity index (χ4n) is 3.86. The van der Waals surface area contributed by atoms with Crippen LogP contribution in [0.25, 0.3) is 5.76 Å². The van der Waals surface area contributed by atoms with Crippen LogP contribution in [0, 0.1) is 6.92 Å². The van der Waals surface area contributed by atoms with Crippen molar-refractivity contribution in [2.45, 2.75) is 13.0 Å². The number of anilines is 1. The van der Waals surface area contributed by atoms with Gasteiger partial charge in [0.05, 0.1) is 23.7 Å². The number of ketones is 1. The lowest BCUT2D eigenvalue weighted by atomic mass is 9.95. The first-order valence-electron chi connectivity index (χ1n) is 9.82. The summed E-state index contributed by atoms with van der Waals surface area (Å²) in [6.45, 7) is 1.88. The maximum absolute atomic E-state index is 13.1. The second kappa shape index (κ2) is 8.40. The topological polar surface area (TPSA) is 87.1 Å². The van der Waals surface area contributed by atoms with Gasteiger partial charge in [-0.15, -0.1) is 0 Å². The highest BCUT2D eigenvalue weighted by atomic mass is 35.5. The molecular formula is C25H20ClNO5. The van der Waals surface area contributed by atoms with Gasteiger partial charge in [0.15, 0.2) is 0 Å². The SMILES string of the molecule is COc1ccc(/C(O)=C2/C(=O)C(=O)N(c3cccc(C)c3)C2c2cccc(O)c2)cc1Cl. The number of methoxy groups -OCH3 is 1. The number of aromatic hydroxyl groups is 1. The Morgan fingerprint density at radius 1 is 1.03 bits per heavy atom. The molecule has 32 heavy (non-hydrogen) atoms. The predicted octanol–water partition coefficient (Wildman–Crippen LogP) is 4.99. The second-order valence-corrected chi connectivity index (χ2v) is 7.86. The van der Waals surface area contributed by atoms with E-state index in [4.69, 9.17) is 16.3 Å². The quantitative estimate of drug-likeness (QED) is 0.333. The number of aliphatic hydroxyl groups is 1. The number of halogens is 1. The van der Waals surface area contributed by atoms with Gasteiger partial charge in [0.25, 0.3) is 11.7 Å². The summed E-state index contributed by atoms with van der Waals surface area (Å²) in [7, 11) is 1.47. The van der Waals surface area contributed by atoms with Gasteiger partial charge in [0.1, 0.15) is 17.3 Å². The van der Waals surface area contributed by atoms with E-state index in [0.29, 0.717) is 17.0 Å². The molecule has 0 aromatic heterocycles.